The van der Waals surface area contributed by atoms with Crippen LogP contribution in [0.15, 0.2) is 34.9 Å². The Morgan fingerprint density at radius 2 is 2.03 bits per heavy atom. The lowest BCUT2D eigenvalue weighted by Crippen LogP contribution is -2.41. The minimum atomic E-state index is -0.469. The van der Waals surface area contributed by atoms with Crippen LogP contribution >= 0.6 is 0 Å². The number of hydrogen-bond donors (Lipinski definition) is 0. The van der Waals surface area contributed by atoms with Crippen molar-refractivity contribution in [2.24, 2.45) is 5.92 Å². The minimum absolute atomic E-state index is 0.0150. The highest BCUT2D eigenvalue weighted by Gasteiger charge is 2.32. The molecular formula is C22H25NO6. The van der Waals surface area contributed by atoms with E-state index in [0.717, 1.165) is 36.9 Å². The normalized spacial score (nSPS) is 16.9. The Morgan fingerprint density at radius 1 is 1.21 bits per heavy atom. The Kier molecular flexibility index (Phi) is 5.85. The number of para-hydroxylation sites is 1. The molecule has 2 aromatic rings. The molecular weight excluding hydrogens is 374 g/mol. The van der Waals surface area contributed by atoms with E-state index in [1.807, 2.05) is 23.1 Å². The molecule has 154 valence electrons. The van der Waals surface area contributed by atoms with Crippen LogP contribution in [0.2, 0.25) is 0 Å². The van der Waals surface area contributed by atoms with Gasteiger partial charge in [0.2, 0.25) is 5.91 Å². The Bertz CT molecular complexity index is 883. The predicted molar refractivity (Wildman–Crippen MR) is 105 cm³/mol. The quantitative estimate of drug-likeness (QED) is 0.718. The number of carbonyl (C=O) groups excluding carboxylic acids is 2. The second kappa shape index (κ2) is 8.69. The number of rotatable bonds is 5. The maximum atomic E-state index is 13.2. The molecule has 0 radical (unpaired) electrons. The molecule has 2 aliphatic rings. The number of aryl methyl sites for hydroxylation is 1. The molecule has 2 aliphatic heterocycles. The van der Waals surface area contributed by atoms with Crippen LogP contribution in [0.5, 0.6) is 5.75 Å². The molecule has 0 atom stereocenters. The van der Waals surface area contributed by atoms with E-state index in [0.29, 0.717) is 36.8 Å². The molecule has 7 heteroatoms. The van der Waals surface area contributed by atoms with Crippen molar-refractivity contribution in [2.75, 3.05) is 31.8 Å². The number of hydrogen-bond acceptors (Lipinski definition) is 6. The first-order valence-corrected chi connectivity index (χ1v) is 9.97. The first-order chi connectivity index (χ1) is 14.2. The number of methoxy groups -OCH3 is 1. The first-order valence-electron chi connectivity index (χ1n) is 9.97. The monoisotopic (exact) mass is 399 g/mol. The summed E-state index contributed by atoms with van der Waals surface area (Å²) in [4.78, 5) is 26.9. The van der Waals surface area contributed by atoms with Gasteiger partial charge in [0.1, 0.15) is 17.9 Å². The minimum Gasteiger partial charge on any atom is -0.483 e. The SMILES string of the molecule is COC(=O)c1ccoc1COc1cccc2c1N(C(=O)C1CCOCC1)CCC2. The van der Waals surface area contributed by atoms with Crippen molar-refractivity contribution in [3.8, 4) is 5.75 Å². The summed E-state index contributed by atoms with van der Waals surface area (Å²) in [6.07, 6.45) is 4.77. The average molecular weight is 399 g/mol. The number of furan rings is 1. The fourth-order valence-electron chi connectivity index (χ4n) is 4.00. The number of ether oxygens (including phenoxy) is 3. The standard InChI is InChI=1S/C22H25NO6/c1-26-22(25)17-9-13-28-19(17)14-29-18-6-2-4-15-5-3-10-23(20(15)18)21(24)16-7-11-27-12-8-16/h2,4,6,9,13,16H,3,5,7-8,10-12,14H2,1H3. The van der Waals surface area contributed by atoms with Gasteiger partial charge in [0.15, 0.2) is 5.76 Å². The lowest BCUT2D eigenvalue weighted by atomic mass is 9.95. The highest BCUT2D eigenvalue weighted by atomic mass is 16.5. The van der Waals surface area contributed by atoms with Crippen LogP contribution in [0.4, 0.5) is 5.69 Å². The van der Waals surface area contributed by atoms with Gasteiger partial charge in [0, 0.05) is 25.7 Å². The molecule has 1 aromatic carbocycles. The smallest absolute Gasteiger partial charge is 0.341 e. The number of esters is 1. The summed E-state index contributed by atoms with van der Waals surface area (Å²) in [6, 6.07) is 7.39. The highest BCUT2D eigenvalue weighted by molar-refractivity contribution is 5.97. The van der Waals surface area contributed by atoms with E-state index in [1.165, 1.54) is 13.4 Å². The van der Waals surface area contributed by atoms with Crippen molar-refractivity contribution in [1.29, 1.82) is 0 Å². The number of amides is 1. The molecule has 0 aliphatic carbocycles. The van der Waals surface area contributed by atoms with Gasteiger partial charge in [-0.05, 0) is 43.4 Å². The van der Waals surface area contributed by atoms with Gasteiger partial charge in [-0.1, -0.05) is 12.1 Å². The van der Waals surface area contributed by atoms with E-state index in [1.54, 1.807) is 6.07 Å². The van der Waals surface area contributed by atoms with Gasteiger partial charge in [0.25, 0.3) is 0 Å². The van der Waals surface area contributed by atoms with Gasteiger partial charge in [-0.2, -0.15) is 0 Å². The second-order valence-corrected chi connectivity index (χ2v) is 7.28. The number of nitrogens with zero attached hydrogens (tertiary/aromatic N) is 1. The molecule has 29 heavy (non-hydrogen) atoms. The summed E-state index contributed by atoms with van der Waals surface area (Å²) < 4.78 is 21.6. The molecule has 0 N–H and O–H groups in total. The van der Waals surface area contributed by atoms with E-state index >= 15 is 0 Å². The molecule has 1 saturated heterocycles. The molecule has 1 fully saturated rings. The molecule has 7 nitrogen and oxygen atoms in total. The fourth-order valence-corrected chi connectivity index (χ4v) is 4.00. The number of carbonyl (C=O) groups is 2. The van der Waals surface area contributed by atoms with Crippen LogP contribution in [-0.4, -0.2) is 38.7 Å². The highest BCUT2D eigenvalue weighted by Crippen LogP contribution is 2.38. The van der Waals surface area contributed by atoms with Crippen LogP contribution in [0.3, 0.4) is 0 Å². The molecule has 1 aromatic heterocycles. The Morgan fingerprint density at radius 3 is 2.83 bits per heavy atom. The third kappa shape index (κ3) is 4.00. The van der Waals surface area contributed by atoms with E-state index in [-0.39, 0.29) is 18.4 Å². The molecule has 3 heterocycles. The van der Waals surface area contributed by atoms with Crippen LogP contribution < -0.4 is 9.64 Å². The molecule has 0 spiro atoms. The summed E-state index contributed by atoms with van der Waals surface area (Å²) in [5.74, 6) is 0.670. The van der Waals surface area contributed by atoms with Crippen molar-refractivity contribution in [3.05, 3.63) is 47.4 Å². The van der Waals surface area contributed by atoms with E-state index in [9.17, 15) is 9.59 Å². The van der Waals surface area contributed by atoms with Gasteiger partial charge in [-0.25, -0.2) is 4.79 Å². The largest absolute Gasteiger partial charge is 0.483 e. The van der Waals surface area contributed by atoms with E-state index in [2.05, 4.69) is 0 Å². The van der Waals surface area contributed by atoms with Gasteiger partial charge < -0.3 is 23.5 Å². The summed E-state index contributed by atoms with van der Waals surface area (Å²) in [7, 11) is 1.33. The van der Waals surface area contributed by atoms with Crippen molar-refractivity contribution in [2.45, 2.75) is 32.3 Å². The zero-order valence-corrected chi connectivity index (χ0v) is 16.5. The van der Waals surface area contributed by atoms with Crippen molar-refractivity contribution in [3.63, 3.8) is 0 Å². The molecule has 4 rings (SSSR count). The predicted octanol–water partition coefficient (Wildman–Crippen LogP) is 3.35. The summed E-state index contributed by atoms with van der Waals surface area (Å²) >= 11 is 0. The summed E-state index contributed by atoms with van der Waals surface area (Å²) in [5.41, 5.74) is 2.27. The lowest BCUT2D eigenvalue weighted by Gasteiger charge is -2.34. The number of benzene rings is 1. The fraction of sp³-hybridized carbons (Fsp3) is 0.455. The number of anilines is 1. The summed E-state index contributed by atoms with van der Waals surface area (Å²) in [6.45, 7) is 2.01. The molecule has 0 bridgehead atoms. The average Bonchev–Trinajstić information content (AvgIpc) is 3.25. The second-order valence-electron chi connectivity index (χ2n) is 7.28. The zero-order chi connectivity index (χ0) is 20.2. The van der Waals surface area contributed by atoms with Crippen molar-refractivity contribution >= 4 is 17.6 Å². The lowest BCUT2D eigenvalue weighted by molar-refractivity contribution is -0.125. The maximum Gasteiger partial charge on any atom is 0.341 e. The third-order valence-electron chi connectivity index (χ3n) is 5.53. The van der Waals surface area contributed by atoms with Gasteiger partial charge in [-0.3, -0.25) is 4.79 Å². The van der Waals surface area contributed by atoms with Gasteiger partial charge in [0.05, 0.1) is 19.1 Å². The zero-order valence-electron chi connectivity index (χ0n) is 16.5. The van der Waals surface area contributed by atoms with Gasteiger partial charge in [-0.15, -0.1) is 0 Å². The molecule has 1 amide bonds. The van der Waals surface area contributed by atoms with Crippen LogP contribution in [-0.2, 0) is 27.3 Å². The van der Waals surface area contributed by atoms with Crippen LogP contribution in [0, 0.1) is 5.92 Å². The topological polar surface area (TPSA) is 78.2 Å². The van der Waals surface area contributed by atoms with Gasteiger partial charge >= 0.3 is 5.97 Å². The van der Waals surface area contributed by atoms with E-state index < -0.39 is 5.97 Å². The Labute approximate surface area is 169 Å². The molecule has 0 saturated carbocycles. The summed E-state index contributed by atoms with van der Waals surface area (Å²) in [5, 5.41) is 0. The Hall–Kier alpha value is -2.80. The van der Waals surface area contributed by atoms with Crippen LogP contribution in [0.25, 0.3) is 0 Å². The maximum absolute atomic E-state index is 13.2. The van der Waals surface area contributed by atoms with Crippen molar-refractivity contribution < 1.29 is 28.2 Å². The van der Waals surface area contributed by atoms with E-state index in [4.69, 9.17) is 18.6 Å². The number of fused-ring (bicyclic) bond motifs is 1. The van der Waals surface area contributed by atoms with Crippen LogP contribution in [0.1, 0.15) is 40.9 Å². The molecule has 0 unspecified atom stereocenters. The first kappa shape index (κ1) is 19.5. The Balaban J connectivity index is 1.57. The van der Waals surface area contributed by atoms with Crippen molar-refractivity contribution in [1.82, 2.24) is 0 Å². The third-order valence-corrected chi connectivity index (χ3v) is 5.53.